The van der Waals surface area contributed by atoms with Crippen LogP contribution in [0.3, 0.4) is 0 Å². The summed E-state index contributed by atoms with van der Waals surface area (Å²) in [5.74, 6) is -2.85. The number of anilines is 1. The molecule has 0 bridgehead atoms. The lowest BCUT2D eigenvalue weighted by Crippen LogP contribution is -2.36. The second kappa shape index (κ2) is 7.90. The smallest absolute Gasteiger partial charge is 0.337 e. The molecule has 108 valence electrons. The summed E-state index contributed by atoms with van der Waals surface area (Å²) in [5, 5.41) is 16.6. The molecule has 0 aromatic heterocycles. The minimum Gasteiger partial charge on any atom is -0.478 e. The van der Waals surface area contributed by atoms with Gasteiger partial charge in [-0.2, -0.15) is 0 Å². The Morgan fingerprint density at radius 3 is 2.45 bits per heavy atom. The van der Waals surface area contributed by atoms with Crippen LogP contribution in [-0.2, 0) is 9.59 Å². The van der Waals surface area contributed by atoms with Crippen LogP contribution in [0.1, 0.15) is 16.8 Å². The topological polar surface area (TPSA) is 108 Å². The zero-order valence-corrected chi connectivity index (χ0v) is 11.1. The molecule has 0 unspecified atom stereocenters. The standard InChI is InChI=1S/C13H17N3O4/c1-14-7-4-8-15-11(17)12(18)16-10-6-3-2-5-9(10)13(19)20/h2-3,5-6,14H,4,7-8H2,1H3,(H,15,17)(H,16,18)(H,19,20). The van der Waals surface area contributed by atoms with Gasteiger partial charge in [0.15, 0.2) is 0 Å². The molecule has 0 atom stereocenters. The molecule has 0 spiro atoms. The SMILES string of the molecule is CNCCCNC(=O)C(=O)Nc1ccccc1C(=O)O. The Labute approximate surface area is 116 Å². The number of hydrogen-bond acceptors (Lipinski definition) is 4. The van der Waals surface area contributed by atoms with Crippen molar-refractivity contribution in [1.29, 1.82) is 0 Å². The average molecular weight is 279 g/mol. The monoisotopic (exact) mass is 279 g/mol. The lowest BCUT2D eigenvalue weighted by atomic mass is 10.2. The molecule has 20 heavy (non-hydrogen) atoms. The first-order chi connectivity index (χ1) is 9.56. The number of carboxylic acids is 1. The van der Waals surface area contributed by atoms with Crippen molar-refractivity contribution in [3.05, 3.63) is 29.8 Å². The molecule has 0 saturated heterocycles. The Morgan fingerprint density at radius 1 is 1.10 bits per heavy atom. The maximum absolute atomic E-state index is 11.6. The minimum absolute atomic E-state index is 0.0659. The van der Waals surface area contributed by atoms with E-state index in [2.05, 4.69) is 16.0 Å². The number of carbonyl (C=O) groups is 3. The van der Waals surface area contributed by atoms with E-state index in [4.69, 9.17) is 5.11 Å². The predicted molar refractivity (Wildman–Crippen MR) is 73.6 cm³/mol. The molecule has 0 heterocycles. The van der Waals surface area contributed by atoms with E-state index >= 15 is 0 Å². The van der Waals surface area contributed by atoms with E-state index in [1.54, 1.807) is 13.1 Å². The molecule has 0 aliphatic heterocycles. The fourth-order valence-corrected chi connectivity index (χ4v) is 1.51. The Balaban J connectivity index is 2.58. The maximum Gasteiger partial charge on any atom is 0.337 e. The zero-order chi connectivity index (χ0) is 15.0. The summed E-state index contributed by atoms with van der Waals surface area (Å²) >= 11 is 0. The third-order valence-corrected chi connectivity index (χ3v) is 2.50. The molecule has 7 nitrogen and oxygen atoms in total. The van der Waals surface area contributed by atoms with Gasteiger partial charge in [-0.1, -0.05) is 12.1 Å². The Hall–Kier alpha value is -2.41. The summed E-state index contributed by atoms with van der Waals surface area (Å²) in [7, 11) is 1.79. The van der Waals surface area contributed by atoms with Crippen LogP contribution in [0.25, 0.3) is 0 Å². The maximum atomic E-state index is 11.6. The highest BCUT2D eigenvalue weighted by molar-refractivity contribution is 6.39. The summed E-state index contributed by atoms with van der Waals surface area (Å²) in [6, 6.07) is 5.89. The number of hydrogen-bond donors (Lipinski definition) is 4. The molecular formula is C13H17N3O4. The number of benzene rings is 1. The van der Waals surface area contributed by atoms with E-state index in [9.17, 15) is 14.4 Å². The third-order valence-electron chi connectivity index (χ3n) is 2.50. The van der Waals surface area contributed by atoms with Gasteiger partial charge in [0.2, 0.25) is 0 Å². The van der Waals surface area contributed by atoms with Crippen LogP contribution < -0.4 is 16.0 Å². The lowest BCUT2D eigenvalue weighted by Gasteiger charge is -2.08. The average Bonchev–Trinajstić information content (AvgIpc) is 2.43. The number of carbonyl (C=O) groups excluding carboxylic acids is 2. The molecule has 1 rings (SSSR count). The fourth-order valence-electron chi connectivity index (χ4n) is 1.51. The van der Waals surface area contributed by atoms with Crippen LogP contribution in [0.2, 0.25) is 0 Å². The number of amides is 2. The van der Waals surface area contributed by atoms with Crippen molar-refractivity contribution in [2.24, 2.45) is 0 Å². The van der Waals surface area contributed by atoms with Crippen LogP contribution in [0.15, 0.2) is 24.3 Å². The van der Waals surface area contributed by atoms with Crippen LogP contribution in [0, 0.1) is 0 Å². The molecule has 2 amide bonds. The van der Waals surface area contributed by atoms with Gasteiger partial charge in [0.25, 0.3) is 0 Å². The van der Waals surface area contributed by atoms with Gasteiger partial charge >= 0.3 is 17.8 Å². The quantitative estimate of drug-likeness (QED) is 0.435. The highest BCUT2D eigenvalue weighted by Gasteiger charge is 2.16. The van der Waals surface area contributed by atoms with Crippen molar-refractivity contribution in [3.63, 3.8) is 0 Å². The van der Waals surface area contributed by atoms with Crippen molar-refractivity contribution in [2.75, 3.05) is 25.5 Å². The van der Waals surface area contributed by atoms with Crippen molar-refractivity contribution in [2.45, 2.75) is 6.42 Å². The van der Waals surface area contributed by atoms with Gasteiger partial charge < -0.3 is 21.1 Å². The second-order valence-electron chi connectivity index (χ2n) is 4.02. The van der Waals surface area contributed by atoms with E-state index in [0.29, 0.717) is 13.0 Å². The first-order valence-electron chi connectivity index (χ1n) is 6.12. The highest BCUT2D eigenvalue weighted by Crippen LogP contribution is 2.14. The van der Waals surface area contributed by atoms with E-state index < -0.39 is 17.8 Å². The van der Waals surface area contributed by atoms with Crippen LogP contribution in [0.4, 0.5) is 5.69 Å². The van der Waals surface area contributed by atoms with Gasteiger partial charge in [0, 0.05) is 6.54 Å². The van der Waals surface area contributed by atoms with Crippen LogP contribution >= 0.6 is 0 Å². The first-order valence-corrected chi connectivity index (χ1v) is 6.12. The molecule has 7 heteroatoms. The molecule has 1 aromatic rings. The van der Waals surface area contributed by atoms with Crippen molar-refractivity contribution in [3.8, 4) is 0 Å². The van der Waals surface area contributed by atoms with Gasteiger partial charge in [-0.25, -0.2) is 4.79 Å². The molecule has 0 saturated carbocycles. The van der Waals surface area contributed by atoms with Gasteiger partial charge in [0.1, 0.15) is 0 Å². The fraction of sp³-hybridized carbons (Fsp3) is 0.308. The van der Waals surface area contributed by atoms with Gasteiger partial charge in [-0.15, -0.1) is 0 Å². The van der Waals surface area contributed by atoms with E-state index in [-0.39, 0.29) is 11.3 Å². The first kappa shape index (κ1) is 15.6. The minimum atomic E-state index is -1.17. The summed E-state index contributed by atoms with van der Waals surface area (Å²) in [5.41, 5.74) is 0.0270. The molecule has 1 aromatic carbocycles. The van der Waals surface area contributed by atoms with Crippen molar-refractivity contribution >= 4 is 23.5 Å². The molecule has 0 aliphatic carbocycles. The van der Waals surface area contributed by atoms with Gasteiger partial charge in [-0.05, 0) is 32.1 Å². The van der Waals surface area contributed by atoms with E-state index in [1.807, 2.05) is 0 Å². The molecule has 0 radical (unpaired) electrons. The van der Waals surface area contributed by atoms with E-state index in [1.165, 1.54) is 18.2 Å². The molecule has 0 aliphatic rings. The Kier molecular flexibility index (Phi) is 6.18. The van der Waals surface area contributed by atoms with Crippen LogP contribution in [0.5, 0.6) is 0 Å². The number of carboxylic acid groups (broad SMARTS) is 1. The number of para-hydroxylation sites is 1. The number of aromatic carboxylic acids is 1. The van der Waals surface area contributed by atoms with Crippen molar-refractivity contribution < 1.29 is 19.5 Å². The largest absolute Gasteiger partial charge is 0.478 e. The van der Waals surface area contributed by atoms with Gasteiger partial charge in [0.05, 0.1) is 11.3 Å². The highest BCUT2D eigenvalue weighted by atomic mass is 16.4. The lowest BCUT2D eigenvalue weighted by molar-refractivity contribution is -0.136. The van der Waals surface area contributed by atoms with Crippen LogP contribution in [-0.4, -0.2) is 43.0 Å². The van der Waals surface area contributed by atoms with Gasteiger partial charge in [-0.3, -0.25) is 9.59 Å². The summed E-state index contributed by atoms with van der Waals surface area (Å²) in [6.45, 7) is 1.09. The Morgan fingerprint density at radius 2 is 1.80 bits per heavy atom. The third kappa shape index (κ3) is 4.69. The normalized spacial score (nSPS) is 9.85. The second-order valence-corrected chi connectivity index (χ2v) is 4.02. The van der Waals surface area contributed by atoms with E-state index in [0.717, 1.165) is 6.54 Å². The summed E-state index contributed by atoms with van der Waals surface area (Å²) < 4.78 is 0. The number of nitrogens with one attached hydrogen (secondary N) is 3. The summed E-state index contributed by atoms with van der Waals surface area (Å²) in [4.78, 5) is 34.1. The summed E-state index contributed by atoms with van der Waals surface area (Å²) in [6.07, 6.45) is 0.696. The number of rotatable bonds is 6. The molecule has 4 N–H and O–H groups in total. The predicted octanol–water partition coefficient (Wildman–Crippen LogP) is 0.0490. The van der Waals surface area contributed by atoms with Crippen molar-refractivity contribution in [1.82, 2.24) is 10.6 Å². The zero-order valence-electron chi connectivity index (χ0n) is 11.1. The molecular weight excluding hydrogens is 262 g/mol. The molecule has 0 fully saturated rings. The Bertz CT molecular complexity index is 502.